The van der Waals surface area contributed by atoms with Crippen LogP contribution in [0.3, 0.4) is 0 Å². The molecule has 0 bridgehead atoms. The summed E-state index contributed by atoms with van der Waals surface area (Å²) in [7, 11) is 0. The number of anilines is 1. The van der Waals surface area contributed by atoms with Gasteiger partial charge in [0.1, 0.15) is 5.69 Å². The molecular weight excluding hydrogens is 332 g/mol. The number of carbonyl (C=O) groups is 3. The van der Waals surface area contributed by atoms with Crippen molar-refractivity contribution in [2.75, 3.05) is 12.0 Å². The van der Waals surface area contributed by atoms with E-state index in [-0.39, 0.29) is 23.8 Å². The topological polar surface area (TPSA) is 140 Å². The highest BCUT2D eigenvalue weighted by Gasteiger charge is 2.31. The lowest BCUT2D eigenvalue weighted by atomic mass is 10.0. The molecule has 1 aromatic rings. The van der Waals surface area contributed by atoms with Crippen molar-refractivity contribution in [1.29, 1.82) is 0 Å². The molecule has 0 fully saturated rings. The van der Waals surface area contributed by atoms with Crippen LogP contribution in [0, 0.1) is 16.0 Å². The molecule has 1 amide bonds. The molecule has 25 heavy (non-hydrogen) atoms. The molecule has 10 nitrogen and oxygen atoms in total. The van der Waals surface area contributed by atoms with Gasteiger partial charge in [0.05, 0.1) is 11.5 Å². The average molecular weight is 350 g/mol. The fraction of sp³-hybridized carbons (Fsp3) is 0.333. The summed E-state index contributed by atoms with van der Waals surface area (Å²) >= 11 is 0. The highest BCUT2D eigenvalue weighted by molar-refractivity contribution is 6.20. The molecule has 0 aliphatic carbocycles. The molecule has 0 unspecified atom stereocenters. The predicted octanol–water partition coefficient (Wildman–Crippen LogP) is 1.22. The van der Waals surface area contributed by atoms with E-state index in [0.717, 1.165) is 6.92 Å². The van der Waals surface area contributed by atoms with Crippen molar-refractivity contribution in [3.63, 3.8) is 0 Å². The molecule has 1 atom stereocenters. The summed E-state index contributed by atoms with van der Waals surface area (Å²) in [6, 6.07) is 5.65. The number of nitro benzene ring substituents is 1. The molecule has 0 saturated heterocycles. The van der Waals surface area contributed by atoms with Gasteiger partial charge in [0.25, 0.3) is 5.69 Å². The van der Waals surface area contributed by atoms with Gasteiger partial charge in [0.15, 0.2) is 17.5 Å². The van der Waals surface area contributed by atoms with Crippen LogP contribution in [-0.4, -0.2) is 35.0 Å². The fourth-order valence-electron chi connectivity index (χ4n) is 1.89. The SMILES string of the molecule is CCOC(=O)[C@@H](C(C)=O)/C(=N/Nc1ccccc1[N+](=O)[O-])NC(C)=O. The summed E-state index contributed by atoms with van der Waals surface area (Å²) in [5, 5.41) is 17.1. The van der Waals surface area contributed by atoms with Crippen molar-refractivity contribution in [2.24, 2.45) is 11.0 Å². The smallest absolute Gasteiger partial charge is 0.324 e. The van der Waals surface area contributed by atoms with E-state index in [9.17, 15) is 24.5 Å². The molecule has 10 heteroatoms. The Labute approximate surface area is 143 Å². The number of carbonyl (C=O) groups excluding carboxylic acids is 3. The predicted molar refractivity (Wildman–Crippen MR) is 88.8 cm³/mol. The number of ketones is 1. The van der Waals surface area contributed by atoms with Crippen molar-refractivity contribution in [2.45, 2.75) is 20.8 Å². The van der Waals surface area contributed by atoms with Crippen LogP contribution in [-0.2, 0) is 19.1 Å². The maximum Gasteiger partial charge on any atom is 0.324 e. The minimum Gasteiger partial charge on any atom is -0.465 e. The summed E-state index contributed by atoms with van der Waals surface area (Å²) in [5.74, 6) is -3.82. The van der Waals surface area contributed by atoms with Crippen LogP contribution in [0.15, 0.2) is 29.4 Å². The number of hydrogen-bond donors (Lipinski definition) is 2. The zero-order valence-corrected chi connectivity index (χ0v) is 13.9. The Morgan fingerprint density at radius 3 is 2.44 bits per heavy atom. The molecule has 0 spiro atoms. The Morgan fingerprint density at radius 1 is 1.28 bits per heavy atom. The first kappa shape index (κ1) is 19.7. The molecule has 0 aromatic heterocycles. The summed E-state index contributed by atoms with van der Waals surface area (Å²) in [5.41, 5.74) is 2.17. The Kier molecular flexibility index (Phi) is 7.19. The zero-order valence-electron chi connectivity index (χ0n) is 13.9. The van der Waals surface area contributed by atoms with Gasteiger partial charge in [-0.3, -0.25) is 29.9 Å². The molecule has 1 rings (SSSR count). The van der Waals surface area contributed by atoms with Gasteiger partial charge >= 0.3 is 5.97 Å². The van der Waals surface area contributed by atoms with E-state index in [1.807, 2.05) is 0 Å². The second-order valence-corrected chi connectivity index (χ2v) is 4.86. The van der Waals surface area contributed by atoms with Crippen molar-refractivity contribution < 1.29 is 24.0 Å². The Balaban J connectivity index is 3.23. The van der Waals surface area contributed by atoms with Crippen LogP contribution in [0.1, 0.15) is 20.8 Å². The highest BCUT2D eigenvalue weighted by atomic mass is 16.6. The molecule has 0 saturated carbocycles. The lowest BCUT2D eigenvalue weighted by Crippen LogP contribution is -2.43. The van der Waals surface area contributed by atoms with Gasteiger partial charge in [0.2, 0.25) is 5.91 Å². The van der Waals surface area contributed by atoms with Crippen LogP contribution >= 0.6 is 0 Å². The van der Waals surface area contributed by atoms with E-state index >= 15 is 0 Å². The monoisotopic (exact) mass is 350 g/mol. The van der Waals surface area contributed by atoms with Crippen LogP contribution in [0.25, 0.3) is 0 Å². The van der Waals surface area contributed by atoms with E-state index in [1.54, 1.807) is 6.92 Å². The molecular formula is C15H18N4O6. The Morgan fingerprint density at radius 2 is 1.92 bits per heavy atom. The van der Waals surface area contributed by atoms with Gasteiger partial charge < -0.3 is 10.1 Å². The van der Waals surface area contributed by atoms with E-state index < -0.39 is 28.5 Å². The number of ether oxygens (including phenoxy) is 1. The normalized spacial score (nSPS) is 12.0. The molecule has 2 N–H and O–H groups in total. The second-order valence-electron chi connectivity index (χ2n) is 4.86. The molecule has 0 radical (unpaired) electrons. The molecule has 0 aliphatic heterocycles. The number of nitrogens with zero attached hydrogens (tertiary/aromatic N) is 2. The number of rotatable bonds is 7. The number of hydrogen-bond acceptors (Lipinski definition) is 8. The maximum atomic E-state index is 12.0. The minimum atomic E-state index is -1.46. The molecule has 1 aromatic carbocycles. The molecule has 0 aliphatic rings. The van der Waals surface area contributed by atoms with Crippen molar-refractivity contribution in [3.8, 4) is 0 Å². The number of nitro groups is 1. The number of amides is 1. The summed E-state index contributed by atoms with van der Waals surface area (Å²) in [6.45, 7) is 3.91. The summed E-state index contributed by atoms with van der Waals surface area (Å²) in [6.07, 6.45) is 0. The number of Topliss-reactive ketones (excluding diaryl/α,β-unsaturated/α-hetero) is 1. The zero-order chi connectivity index (χ0) is 19.0. The molecule has 0 heterocycles. The third-order valence-electron chi connectivity index (χ3n) is 2.90. The van der Waals surface area contributed by atoms with E-state index in [1.165, 1.54) is 31.2 Å². The second kappa shape index (κ2) is 9.11. The maximum absolute atomic E-state index is 12.0. The Bertz CT molecular complexity index is 716. The quantitative estimate of drug-likeness (QED) is 0.188. The van der Waals surface area contributed by atoms with E-state index in [2.05, 4.69) is 15.8 Å². The van der Waals surface area contributed by atoms with Gasteiger partial charge in [-0.15, -0.1) is 0 Å². The Hall–Kier alpha value is -3.30. The van der Waals surface area contributed by atoms with Gasteiger partial charge in [-0.25, -0.2) is 0 Å². The van der Waals surface area contributed by atoms with E-state index in [0.29, 0.717) is 0 Å². The third-order valence-corrected chi connectivity index (χ3v) is 2.90. The number of hydrazone groups is 1. The first-order valence-corrected chi connectivity index (χ1v) is 7.29. The number of amidine groups is 1. The average Bonchev–Trinajstić information content (AvgIpc) is 2.52. The van der Waals surface area contributed by atoms with Crippen molar-refractivity contribution in [3.05, 3.63) is 34.4 Å². The standard InChI is InChI=1S/C15H18N4O6/c1-4-25-15(22)13(9(2)20)14(16-10(3)21)18-17-11-7-5-6-8-12(11)19(23)24/h5-8,13,17H,4H2,1-3H3,(H,16,18,21)/t13-/m0/s1. The van der Waals surface area contributed by atoms with Crippen molar-refractivity contribution >= 4 is 34.9 Å². The summed E-state index contributed by atoms with van der Waals surface area (Å²) in [4.78, 5) is 45.5. The minimum absolute atomic E-state index is 0.0292. The lowest BCUT2D eigenvalue weighted by Gasteiger charge is -2.15. The van der Waals surface area contributed by atoms with Gasteiger partial charge in [-0.05, 0) is 19.9 Å². The first-order chi connectivity index (χ1) is 11.8. The highest BCUT2D eigenvalue weighted by Crippen LogP contribution is 2.23. The van der Waals surface area contributed by atoms with Gasteiger partial charge in [-0.2, -0.15) is 5.10 Å². The van der Waals surface area contributed by atoms with Gasteiger partial charge in [-0.1, -0.05) is 12.1 Å². The van der Waals surface area contributed by atoms with Crippen LogP contribution in [0.5, 0.6) is 0 Å². The van der Waals surface area contributed by atoms with Gasteiger partial charge in [0, 0.05) is 13.0 Å². The van der Waals surface area contributed by atoms with Crippen LogP contribution in [0.2, 0.25) is 0 Å². The number of nitrogens with one attached hydrogen (secondary N) is 2. The first-order valence-electron chi connectivity index (χ1n) is 7.29. The summed E-state index contributed by atoms with van der Waals surface area (Å²) < 4.78 is 4.81. The van der Waals surface area contributed by atoms with Crippen LogP contribution in [0.4, 0.5) is 11.4 Å². The lowest BCUT2D eigenvalue weighted by molar-refractivity contribution is -0.384. The number of para-hydroxylation sites is 2. The number of benzene rings is 1. The number of esters is 1. The third kappa shape index (κ3) is 5.68. The molecule has 134 valence electrons. The largest absolute Gasteiger partial charge is 0.465 e. The fourth-order valence-corrected chi connectivity index (χ4v) is 1.89. The van der Waals surface area contributed by atoms with Crippen molar-refractivity contribution in [1.82, 2.24) is 5.32 Å². The van der Waals surface area contributed by atoms with Crippen LogP contribution < -0.4 is 10.7 Å². The van der Waals surface area contributed by atoms with E-state index in [4.69, 9.17) is 4.74 Å².